The summed E-state index contributed by atoms with van der Waals surface area (Å²) in [5, 5.41) is 10.3. The van der Waals surface area contributed by atoms with E-state index in [2.05, 4.69) is 0 Å². The molecule has 0 bridgehead atoms. The Bertz CT molecular complexity index is 595. The van der Waals surface area contributed by atoms with Crippen molar-refractivity contribution in [2.45, 2.75) is 24.3 Å². The standard InChI is InChI=1S/C12H17ClN2O3S/c1-8(2)12(16)6-15(7-12)19(17,18)11-5-9(14)3-4-10(11)13/h3-5,8,16H,6-7,14H2,1-2H3. The van der Waals surface area contributed by atoms with Crippen molar-refractivity contribution in [3.05, 3.63) is 23.2 Å². The van der Waals surface area contributed by atoms with Gasteiger partial charge in [-0.1, -0.05) is 25.4 Å². The molecule has 0 aromatic heterocycles. The minimum Gasteiger partial charge on any atom is -0.399 e. The van der Waals surface area contributed by atoms with Crippen LogP contribution in [-0.4, -0.2) is 36.5 Å². The minimum atomic E-state index is -3.70. The molecule has 1 fully saturated rings. The van der Waals surface area contributed by atoms with Gasteiger partial charge in [0.25, 0.3) is 0 Å². The number of benzene rings is 1. The normalized spacial score (nSPS) is 19.4. The van der Waals surface area contributed by atoms with Gasteiger partial charge in [-0.3, -0.25) is 0 Å². The number of nitrogens with zero attached hydrogens (tertiary/aromatic N) is 1. The number of nitrogen functional groups attached to an aromatic ring is 1. The molecule has 1 aromatic rings. The number of anilines is 1. The number of β-amino-alcohol motifs (C(OH)–C–C–N with tert-alkyl or cyclic N) is 1. The molecule has 1 aromatic carbocycles. The van der Waals surface area contributed by atoms with Crippen LogP contribution >= 0.6 is 11.6 Å². The van der Waals surface area contributed by atoms with Gasteiger partial charge in [-0.25, -0.2) is 8.42 Å². The number of aliphatic hydroxyl groups is 1. The Labute approximate surface area is 118 Å². The topological polar surface area (TPSA) is 83.6 Å². The van der Waals surface area contributed by atoms with Crippen LogP contribution in [0.5, 0.6) is 0 Å². The van der Waals surface area contributed by atoms with Gasteiger partial charge >= 0.3 is 0 Å². The number of halogens is 1. The highest BCUT2D eigenvalue weighted by molar-refractivity contribution is 7.89. The van der Waals surface area contributed by atoms with Crippen molar-refractivity contribution in [2.24, 2.45) is 5.92 Å². The summed E-state index contributed by atoms with van der Waals surface area (Å²) < 4.78 is 26.0. The molecule has 0 spiro atoms. The van der Waals surface area contributed by atoms with E-state index in [1.54, 1.807) is 6.07 Å². The van der Waals surface area contributed by atoms with Crippen LogP contribution < -0.4 is 5.73 Å². The molecular formula is C12H17ClN2O3S. The molecule has 2 rings (SSSR count). The second-order valence-electron chi connectivity index (χ2n) is 5.22. The summed E-state index contributed by atoms with van der Waals surface area (Å²) in [6, 6.07) is 4.34. The van der Waals surface area contributed by atoms with Gasteiger partial charge < -0.3 is 10.8 Å². The summed E-state index contributed by atoms with van der Waals surface area (Å²) in [5.74, 6) is -0.00438. The maximum Gasteiger partial charge on any atom is 0.244 e. The molecule has 5 nitrogen and oxygen atoms in total. The van der Waals surface area contributed by atoms with E-state index in [9.17, 15) is 13.5 Å². The lowest BCUT2D eigenvalue weighted by Gasteiger charge is -2.47. The van der Waals surface area contributed by atoms with E-state index < -0.39 is 15.6 Å². The summed E-state index contributed by atoms with van der Waals surface area (Å²) in [6.07, 6.45) is 0. The Morgan fingerprint density at radius 3 is 2.53 bits per heavy atom. The lowest BCUT2D eigenvalue weighted by Crippen LogP contribution is -2.65. The lowest BCUT2D eigenvalue weighted by molar-refractivity contribution is -0.0932. The van der Waals surface area contributed by atoms with E-state index in [0.29, 0.717) is 5.69 Å². The molecule has 0 saturated carbocycles. The SMILES string of the molecule is CC(C)C1(O)CN(S(=O)(=O)c2cc(N)ccc2Cl)C1. The molecule has 0 aliphatic carbocycles. The van der Waals surface area contributed by atoms with Crippen molar-refractivity contribution in [2.75, 3.05) is 18.8 Å². The molecule has 0 amide bonds. The summed E-state index contributed by atoms with van der Waals surface area (Å²) >= 11 is 5.92. The molecule has 3 N–H and O–H groups in total. The monoisotopic (exact) mass is 304 g/mol. The van der Waals surface area contributed by atoms with Crippen LogP contribution in [0, 0.1) is 5.92 Å². The van der Waals surface area contributed by atoms with Gasteiger partial charge in [0.15, 0.2) is 0 Å². The Morgan fingerprint density at radius 1 is 1.42 bits per heavy atom. The molecule has 106 valence electrons. The van der Waals surface area contributed by atoms with Gasteiger partial charge in [0.2, 0.25) is 10.0 Å². The smallest absolute Gasteiger partial charge is 0.244 e. The van der Waals surface area contributed by atoms with E-state index in [1.807, 2.05) is 13.8 Å². The Balaban J connectivity index is 2.29. The molecule has 1 aliphatic heterocycles. The summed E-state index contributed by atoms with van der Waals surface area (Å²) in [6.45, 7) is 3.88. The zero-order chi connectivity index (χ0) is 14.4. The second kappa shape index (κ2) is 4.63. The van der Waals surface area contributed by atoms with Gasteiger partial charge in [0, 0.05) is 18.8 Å². The van der Waals surface area contributed by atoms with Crippen LogP contribution in [0.1, 0.15) is 13.8 Å². The van der Waals surface area contributed by atoms with Crippen molar-refractivity contribution in [1.82, 2.24) is 4.31 Å². The predicted octanol–water partition coefficient (Wildman–Crippen LogP) is 1.31. The van der Waals surface area contributed by atoms with Crippen LogP contribution in [0.15, 0.2) is 23.1 Å². The van der Waals surface area contributed by atoms with Gasteiger partial charge in [-0.2, -0.15) is 4.31 Å². The second-order valence-corrected chi connectivity index (χ2v) is 7.53. The molecule has 0 radical (unpaired) electrons. The zero-order valence-electron chi connectivity index (χ0n) is 10.8. The number of nitrogens with two attached hydrogens (primary N) is 1. The van der Waals surface area contributed by atoms with E-state index in [4.69, 9.17) is 17.3 Å². The number of sulfonamides is 1. The fraction of sp³-hybridized carbons (Fsp3) is 0.500. The molecular weight excluding hydrogens is 288 g/mol. The van der Waals surface area contributed by atoms with Gasteiger partial charge in [-0.15, -0.1) is 0 Å². The number of hydrogen-bond acceptors (Lipinski definition) is 4. The summed E-state index contributed by atoms with van der Waals surface area (Å²) in [7, 11) is -3.70. The highest BCUT2D eigenvalue weighted by Gasteiger charge is 2.49. The highest BCUT2D eigenvalue weighted by atomic mass is 35.5. The lowest BCUT2D eigenvalue weighted by atomic mass is 9.85. The van der Waals surface area contributed by atoms with Crippen LogP contribution in [-0.2, 0) is 10.0 Å². The quantitative estimate of drug-likeness (QED) is 0.825. The number of hydrogen-bond donors (Lipinski definition) is 2. The maximum atomic E-state index is 12.4. The maximum absolute atomic E-state index is 12.4. The Kier molecular flexibility index (Phi) is 3.55. The molecule has 1 saturated heterocycles. The van der Waals surface area contributed by atoms with Crippen LogP contribution in [0.4, 0.5) is 5.69 Å². The summed E-state index contributed by atoms with van der Waals surface area (Å²) in [5.41, 5.74) is 4.97. The average Bonchev–Trinajstić information content (AvgIpc) is 2.27. The molecule has 1 heterocycles. The average molecular weight is 305 g/mol. The predicted molar refractivity (Wildman–Crippen MR) is 74.4 cm³/mol. The Morgan fingerprint density at radius 2 is 2.00 bits per heavy atom. The van der Waals surface area contributed by atoms with Crippen LogP contribution in [0.2, 0.25) is 5.02 Å². The minimum absolute atomic E-state index is 0.00438. The third kappa shape index (κ3) is 2.45. The van der Waals surface area contributed by atoms with Crippen molar-refractivity contribution >= 4 is 27.3 Å². The Hall–Kier alpha value is -0.820. The first-order valence-electron chi connectivity index (χ1n) is 5.94. The van der Waals surface area contributed by atoms with Gasteiger partial charge in [-0.05, 0) is 24.1 Å². The van der Waals surface area contributed by atoms with E-state index >= 15 is 0 Å². The third-order valence-electron chi connectivity index (χ3n) is 3.55. The van der Waals surface area contributed by atoms with Crippen LogP contribution in [0.25, 0.3) is 0 Å². The summed E-state index contributed by atoms with van der Waals surface area (Å²) in [4.78, 5) is -0.0139. The van der Waals surface area contributed by atoms with Crippen LogP contribution in [0.3, 0.4) is 0 Å². The van der Waals surface area contributed by atoms with Crippen molar-refractivity contribution in [3.63, 3.8) is 0 Å². The molecule has 0 atom stereocenters. The van der Waals surface area contributed by atoms with Crippen molar-refractivity contribution in [1.29, 1.82) is 0 Å². The van der Waals surface area contributed by atoms with E-state index in [-0.39, 0.29) is 28.9 Å². The third-order valence-corrected chi connectivity index (χ3v) is 5.82. The van der Waals surface area contributed by atoms with Crippen molar-refractivity contribution < 1.29 is 13.5 Å². The van der Waals surface area contributed by atoms with E-state index in [0.717, 1.165) is 0 Å². The number of rotatable bonds is 3. The fourth-order valence-electron chi connectivity index (χ4n) is 1.96. The highest BCUT2D eigenvalue weighted by Crippen LogP contribution is 2.35. The van der Waals surface area contributed by atoms with E-state index in [1.165, 1.54) is 16.4 Å². The van der Waals surface area contributed by atoms with Gasteiger partial charge in [0.05, 0.1) is 10.6 Å². The zero-order valence-corrected chi connectivity index (χ0v) is 12.4. The largest absolute Gasteiger partial charge is 0.399 e. The first kappa shape index (κ1) is 14.6. The molecule has 7 heteroatoms. The molecule has 0 unspecified atom stereocenters. The molecule has 1 aliphatic rings. The molecule has 19 heavy (non-hydrogen) atoms. The van der Waals surface area contributed by atoms with Gasteiger partial charge in [0.1, 0.15) is 4.90 Å². The fourth-order valence-corrected chi connectivity index (χ4v) is 4.03. The first-order chi connectivity index (χ1) is 8.67. The first-order valence-corrected chi connectivity index (χ1v) is 7.76. The van der Waals surface area contributed by atoms with Crippen molar-refractivity contribution in [3.8, 4) is 0 Å².